The van der Waals surface area contributed by atoms with Crippen molar-refractivity contribution in [1.29, 1.82) is 0 Å². The molecule has 0 aliphatic rings. The Labute approximate surface area is 143 Å². The van der Waals surface area contributed by atoms with Crippen LogP contribution in [0.15, 0.2) is 54.7 Å². The van der Waals surface area contributed by atoms with E-state index in [1.807, 2.05) is 44.1 Å². The highest BCUT2D eigenvalue weighted by Gasteiger charge is 2.27. The molecule has 0 fully saturated rings. The number of carbonyl (C=O) groups excluding carboxylic acids is 1. The van der Waals surface area contributed by atoms with E-state index < -0.39 is 0 Å². The number of H-pyrrole nitrogens is 1. The zero-order valence-electron chi connectivity index (χ0n) is 14.7. The number of hydrogen-bond acceptors (Lipinski definition) is 1. The largest absolute Gasteiger partial charge is 0.361 e. The first-order valence-corrected chi connectivity index (χ1v) is 8.38. The minimum atomic E-state index is -0.100. The highest BCUT2D eigenvalue weighted by molar-refractivity contribution is 5.85. The summed E-state index contributed by atoms with van der Waals surface area (Å²) in [6.45, 7) is 5.97. The normalized spacial score (nSPS) is 12.5. The summed E-state index contributed by atoms with van der Waals surface area (Å²) in [5.74, 6) is 0.110. The minimum Gasteiger partial charge on any atom is -0.361 e. The average Bonchev–Trinajstić information content (AvgIpc) is 3.00. The Bertz CT molecular complexity index is 846. The van der Waals surface area contributed by atoms with Crippen LogP contribution in [0.25, 0.3) is 10.9 Å². The summed E-state index contributed by atoms with van der Waals surface area (Å²) in [6, 6.07) is 16.6. The summed E-state index contributed by atoms with van der Waals surface area (Å²) < 4.78 is 0. The van der Waals surface area contributed by atoms with E-state index in [0.717, 1.165) is 22.0 Å². The molecule has 0 aliphatic carbocycles. The molecule has 0 spiro atoms. The van der Waals surface area contributed by atoms with Gasteiger partial charge < -0.3 is 9.88 Å². The molecule has 3 nitrogen and oxygen atoms in total. The summed E-state index contributed by atoms with van der Waals surface area (Å²) in [5.41, 5.74) is 4.57. The topological polar surface area (TPSA) is 36.1 Å². The molecular formula is C21H24N2O. The van der Waals surface area contributed by atoms with Crippen LogP contribution >= 0.6 is 0 Å². The molecule has 1 amide bonds. The highest BCUT2D eigenvalue weighted by Crippen LogP contribution is 2.33. The average molecular weight is 320 g/mol. The standard InChI is InChI=1S/C21H24N2O/c1-14(2)21(24)23(4)20(16-11-9-15(3)10-12-16)18-13-22-19-8-6-5-7-17(18)19/h5-14,20,22H,1-4H3. The van der Waals surface area contributed by atoms with Crippen LogP contribution in [-0.4, -0.2) is 22.8 Å². The van der Waals surface area contributed by atoms with Gasteiger partial charge in [0, 0.05) is 35.6 Å². The third kappa shape index (κ3) is 2.94. The van der Waals surface area contributed by atoms with Crippen LogP contribution in [0.4, 0.5) is 0 Å². The Morgan fingerprint density at radius 2 is 1.71 bits per heavy atom. The number of carbonyl (C=O) groups is 1. The molecule has 1 N–H and O–H groups in total. The number of aryl methyl sites for hydroxylation is 1. The maximum Gasteiger partial charge on any atom is 0.225 e. The Hall–Kier alpha value is -2.55. The van der Waals surface area contributed by atoms with Gasteiger partial charge in [-0.2, -0.15) is 0 Å². The van der Waals surface area contributed by atoms with E-state index in [1.54, 1.807) is 0 Å². The molecule has 3 heteroatoms. The zero-order chi connectivity index (χ0) is 17.3. The molecule has 1 atom stereocenters. The molecule has 3 aromatic rings. The van der Waals surface area contributed by atoms with E-state index in [4.69, 9.17) is 0 Å². The van der Waals surface area contributed by atoms with Crippen molar-refractivity contribution in [1.82, 2.24) is 9.88 Å². The fourth-order valence-electron chi connectivity index (χ4n) is 3.22. The molecule has 3 rings (SSSR count). The van der Waals surface area contributed by atoms with E-state index in [2.05, 4.69) is 48.3 Å². The van der Waals surface area contributed by atoms with Crippen molar-refractivity contribution in [3.8, 4) is 0 Å². The van der Waals surface area contributed by atoms with Gasteiger partial charge in [0.15, 0.2) is 0 Å². The minimum absolute atomic E-state index is 0.0341. The smallest absolute Gasteiger partial charge is 0.225 e. The second kappa shape index (κ2) is 6.52. The summed E-state index contributed by atoms with van der Waals surface area (Å²) in [6.07, 6.45) is 2.03. The van der Waals surface area contributed by atoms with Crippen LogP contribution in [0.5, 0.6) is 0 Å². The molecule has 0 saturated heterocycles. The predicted molar refractivity (Wildman–Crippen MR) is 98.9 cm³/mol. The van der Waals surface area contributed by atoms with Crippen LogP contribution in [0.2, 0.25) is 0 Å². The monoisotopic (exact) mass is 320 g/mol. The van der Waals surface area contributed by atoms with Crippen LogP contribution in [0.3, 0.4) is 0 Å². The Morgan fingerprint density at radius 1 is 1.04 bits per heavy atom. The number of aromatic nitrogens is 1. The van der Waals surface area contributed by atoms with Crippen molar-refractivity contribution in [3.05, 3.63) is 71.4 Å². The van der Waals surface area contributed by atoms with Gasteiger partial charge in [-0.1, -0.05) is 61.9 Å². The molecule has 0 saturated carbocycles. The quantitative estimate of drug-likeness (QED) is 0.744. The first-order chi connectivity index (χ1) is 11.5. The van der Waals surface area contributed by atoms with Gasteiger partial charge in [0.2, 0.25) is 5.91 Å². The van der Waals surface area contributed by atoms with Gasteiger partial charge in [0.05, 0.1) is 6.04 Å². The highest BCUT2D eigenvalue weighted by atomic mass is 16.2. The third-order valence-corrected chi connectivity index (χ3v) is 4.54. The number of fused-ring (bicyclic) bond motifs is 1. The first kappa shape index (κ1) is 16.3. The lowest BCUT2D eigenvalue weighted by molar-refractivity contribution is -0.134. The Kier molecular flexibility index (Phi) is 4.43. The second-order valence-corrected chi connectivity index (χ2v) is 6.71. The van der Waals surface area contributed by atoms with E-state index in [-0.39, 0.29) is 17.9 Å². The second-order valence-electron chi connectivity index (χ2n) is 6.71. The summed E-state index contributed by atoms with van der Waals surface area (Å²) in [4.78, 5) is 17.9. The molecule has 24 heavy (non-hydrogen) atoms. The maximum atomic E-state index is 12.7. The van der Waals surface area contributed by atoms with Gasteiger partial charge in [-0.3, -0.25) is 4.79 Å². The number of amides is 1. The number of aromatic amines is 1. The van der Waals surface area contributed by atoms with Crippen molar-refractivity contribution in [2.24, 2.45) is 5.92 Å². The van der Waals surface area contributed by atoms with Gasteiger partial charge in [-0.15, -0.1) is 0 Å². The molecule has 1 heterocycles. The van der Waals surface area contributed by atoms with Gasteiger partial charge in [0.1, 0.15) is 0 Å². The number of hydrogen-bond donors (Lipinski definition) is 1. The number of rotatable bonds is 4. The van der Waals surface area contributed by atoms with Crippen molar-refractivity contribution in [3.63, 3.8) is 0 Å². The fraction of sp³-hybridized carbons (Fsp3) is 0.286. The molecule has 2 aromatic carbocycles. The zero-order valence-corrected chi connectivity index (χ0v) is 14.7. The molecule has 0 radical (unpaired) electrons. The Balaban J connectivity index is 2.14. The Morgan fingerprint density at radius 3 is 2.38 bits per heavy atom. The lowest BCUT2D eigenvalue weighted by atomic mass is 9.95. The van der Waals surface area contributed by atoms with Gasteiger partial charge in [-0.25, -0.2) is 0 Å². The molecule has 0 aliphatic heterocycles. The summed E-state index contributed by atoms with van der Waals surface area (Å²) in [7, 11) is 1.90. The van der Waals surface area contributed by atoms with Crippen LogP contribution in [-0.2, 0) is 4.79 Å². The lowest BCUT2D eigenvalue weighted by Gasteiger charge is -2.30. The van der Waals surface area contributed by atoms with Gasteiger partial charge >= 0.3 is 0 Å². The molecular weight excluding hydrogens is 296 g/mol. The molecule has 1 aromatic heterocycles. The third-order valence-electron chi connectivity index (χ3n) is 4.54. The van der Waals surface area contributed by atoms with Crippen molar-refractivity contribution in [2.45, 2.75) is 26.8 Å². The number of benzene rings is 2. The summed E-state index contributed by atoms with van der Waals surface area (Å²) >= 11 is 0. The number of nitrogens with one attached hydrogen (secondary N) is 1. The number of nitrogens with zero attached hydrogens (tertiary/aromatic N) is 1. The van der Waals surface area contributed by atoms with Crippen LogP contribution in [0, 0.1) is 12.8 Å². The SMILES string of the molecule is Cc1ccc(C(c2c[nH]c3ccccc23)N(C)C(=O)C(C)C)cc1. The van der Waals surface area contributed by atoms with E-state index in [0.29, 0.717) is 0 Å². The molecule has 0 bridgehead atoms. The maximum absolute atomic E-state index is 12.7. The van der Waals surface area contributed by atoms with Gasteiger partial charge in [0.25, 0.3) is 0 Å². The predicted octanol–water partition coefficient (Wildman–Crippen LogP) is 4.68. The first-order valence-electron chi connectivity index (χ1n) is 8.38. The van der Waals surface area contributed by atoms with Crippen molar-refractivity contribution < 1.29 is 4.79 Å². The fourth-order valence-corrected chi connectivity index (χ4v) is 3.22. The van der Waals surface area contributed by atoms with E-state index in [9.17, 15) is 4.79 Å². The van der Waals surface area contributed by atoms with Gasteiger partial charge in [-0.05, 0) is 18.6 Å². The molecule has 1 unspecified atom stereocenters. The van der Waals surface area contributed by atoms with Crippen molar-refractivity contribution in [2.75, 3.05) is 7.05 Å². The van der Waals surface area contributed by atoms with E-state index in [1.165, 1.54) is 5.56 Å². The van der Waals surface area contributed by atoms with Crippen LogP contribution < -0.4 is 0 Å². The summed E-state index contributed by atoms with van der Waals surface area (Å²) in [5, 5.41) is 1.16. The van der Waals surface area contributed by atoms with Crippen molar-refractivity contribution >= 4 is 16.8 Å². The lowest BCUT2D eigenvalue weighted by Crippen LogP contribution is -2.34. The number of para-hydroxylation sites is 1. The van der Waals surface area contributed by atoms with E-state index >= 15 is 0 Å². The van der Waals surface area contributed by atoms with Crippen LogP contribution in [0.1, 0.15) is 36.6 Å². The molecule has 124 valence electrons.